The fourth-order valence-electron chi connectivity index (χ4n) is 3.23. The number of hydrogen-bond donors (Lipinski definition) is 2. The molecule has 1 amide bonds. The summed E-state index contributed by atoms with van der Waals surface area (Å²) in [6.07, 6.45) is -3.29. The molecule has 3 atom stereocenters. The molecule has 132 valence electrons. The SMILES string of the molecule is CC(C)(COc1ncccc1C(F)(F)F)NC(=O)C1C2CNC[C@H]21. The van der Waals surface area contributed by atoms with E-state index in [4.69, 9.17) is 4.74 Å². The Morgan fingerprint density at radius 3 is 2.67 bits per heavy atom. The van der Waals surface area contributed by atoms with Crippen LogP contribution in [-0.4, -0.2) is 36.1 Å². The number of ether oxygens (including phenoxy) is 1. The second kappa shape index (κ2) is 5.91. The third-order valence-electron chi connectivity index (χ3n) is 4.50. The number of alkyl halides is 3. The van der Waals surface area contributed by atoms with E-state index in [1.54, 1.807) is 13.8 Å². The van der Waals surface area contributed by atoms with E-state index >= 15 is 0 Å². The van der Waals surface area contributed by atoms with Crippen molar-refractivity contribution in [2.75, 3.05) is 19.7 Å². The average molecular weight is 343 g/mol. The molecular weight excluding hydrogens is 323 g/mol. The van der Waals surface area contributed by atoms with Gasteiger partial charge in [-0.3, -0.25) is 4.79 Å². The van der Waals surface area contributed by atoms with Gasteiger partial charge in [-0.25, -0.2) is 4.98 Å². The van der Waals surface area contributed by atoms with E-state index in [0.29, 0.717) is 11.8 Å². The molecule has 1 saturated heterocycles. The third-order valence-corrected chi connectivity index (χ3v) is 4.50. The zero-order valence-electron chi connectivity index (χ0n) is 13.5. The number of rotatable bonds is 5. The molecule has 1 aliphatic carbocycles. The van der Waals surface area contributed by atoms with E-state index in [1.807, 2.05) is 0 Å². The van der Waals surface area contributed by atoms with Crippen molar-refractivity contribution in [3.8, 4) is 5.88 Å². The monoisotopic (exact) mass is 343 g/mol. The minimum atomic E-state index is -4.53. The molecule has 1 aromatic heterocycles. The van der Waals surface area contributed by atoms with Gasteiger partial charge in [-0.15, -0.1) is 0 Å². The minimum Gasteiger partial charge on any atom is -0.475 e. The standard InChI is InChI=1S/C16H20F3N3O2/c1-15(2,22-13(23)12-9-6-20-7-10(9)12)8-24-14-11(16(17,18)19)4-3-5-21-14/h3-5,9-10,12,20H,6-8H2,1-2H3,(H,22,23)/t9-,10?,12?/m1/s1. The predicted octanol–water partition coefficient (Wildman–Crippen LogP) is 1.84. The molecule has 3 rings (SSSR count). The predicted molar refractivity (Wildman–Crippen MR) is 80.3 cm³/mol. The van der Waals surface area contributed by atoms with Crippen molar-refractivity contribution in [1.29, 1.82) is 0 Å². The van der Waals surface area contributed by atoms with Gasteiger partial charge in [-0.05, 0) is 50.9 Å². The molecule has 2 unspecified atom stereocenters. The van der Waals surface area contributed by atoms with Crippen molar-refractivity contribution in [2.45, 2.75) is 25.6 Å². The van der Waals surface area contributed by atoms with Crippen LogP contribution in [0, 0.1) is 17.8 Å². The van der Waals surface area contributed by atoms with Gasteiger partial charge in [0.05, 0.1) is 5.54 Å². The molecule has 1 aromatic rings. The molecule has 5 nitrogen and oxygen atoms in total. The Kier molecular flexibility index (Phi) is 4.19. The number of carbonyl (C=O) groups is 1. The highest BCUT2D eigenvalue weighted by molar-refractivity contribution is 5.83. The van der Waals surface area contributed by atoms with Gasteiger partial charge in [0, 0.05) is 12.1 Å². The molecule has 2 N–H and O–H groups in total. The largest absolute Gasteiger partial charge is 0.475 e. The number of aromatic nitrogens is 1. The van der Waals surface area contributed by atoms with Crippen molar-refractivity contribution in [3.63, 3.8) is 0 Å². The first kappa shape index (κ1) is 17.0. The quantitative estimate of drug-likeness (QED) is 0.856. The Morgan fingerprint density at radius 1 is 1.38 bits per heavy atom. The smallest absolute Gasteiger partial charge is 0.421 e. The minimum absolute atomic E-state index is 0.00566. The van der Waals surface area contributed by atoms with Gasteiger partial charge in [0.25, 0.3) is 0 Å². The van der Waals surface area contributed by atoms with Crippen molar-refractivity contribution >= 4 is 5.91 Å². The summed E-state index contributed by atoms with van der Waals surface area (Å²) in [5.41, 5.74) is -1.71. The highest BCUT2D eigenvalue weighted by Crippen LogP contribution is 2.48. The summed E-state index contributed by atoms with van der Waals surface area (Å²) in [7, 11) is 0. The lowest BCUT2D eigenvalue weighted by atomic mass is 10.1. The van der Waals surface area contributed by atoms with Crippen LogP contribution >= 0.6 is 0 Å². The Labute approximate surface area is 138 Å². The Morgan fingerprint density at radius 2 is 2.04 bits per heavy atom. The lowest BCUT2D eigenvalue weighted by Gasteiger charge is -2.27. The summed E-state index contributed by atoms with van der Waals surface area (Å²) in [6, 6.07) is 2.13. The molecule has 24 heavy (non-hydrogen) atoms. The number of halogens is 3. The van der Waals surface area contributed by atoms with Crippen LogP contribution in [0.2, 0.25) is 0 Å². The van der Waals surface area contributed by atoms with Crippen molar-refractivity contribution in [1.82, 2.24) is 15.6 Å². The number of carbonyl (C=O) groups excluding carboxylic acids is 1. The maximum Gasteiger partial charge on any atom is 0.421 e. The van der Waals surface area contributed by atoms with Crippen molar-refractivity contribution < 1.29 is 22.7 Å². The number of piperidine rings is 1. The second-order valence-corrected chi connectivity index (χ2v) is 7.03. The van der Waals surface area contributed by atoms with Crippen LogP contribution < -0.4 is 15.4 Å². The van der Waals surface area contributed by atoms with Crippen molar-refractivity contribution in [2.24, 2.45) is 17.8 Å². The molecular formula is C16H20F3N3O2. The number of nitrogens with one attached hydrogen (secondary N) is 2. The summed E-state index contributed by atoms with van der Waals surface area (Å²) in [5.74, 6) is 0.242. The second-order valence-electron chi connectivity index (χ2n) is 7.03. The summed E-state index contributed by atoms with van der Waals surface area (Å²) in [5, 5.41) is 6.09. The number of nitrogens with zero attached hydrogens (tertiary/aromatic N) is 1. The first-order chi connectivity index (χ1) is 11.2. The van der Waals surface area contributed by atoms with Gasteiger partial charge in [0.1, 0.15) is 12.2 Å². The molecule has 2 heterocycles. The molecule has 0 bridgehead atoms. The van der Waals surface area contributed by atoms with Gasteiger partial charge in [-0.2, -0.15) is 13.2 Å². The molecule has 1 aliphatic heterocycles. The zero-order chi connectivity index (χ0) is 17.5. The van der Waals surface area contributed by atoms with Gasteiger partial charge >= 0.3 is 6.18 Å². The van der Waals surface area contributed by atoms with Crippen molar-refractivity contribution in [3.05, 3.63) is 23.9 Å². The molecule has 2 aliphatic rings. The highest BCUT2D eigenvalue weighted by Gasteiger charge is 2.57. The first-order valence-corrected chi connectivity index (χ1v) is 7.87. The zero-order valence-corrected chi connectivity index (χ0v) is 13.5. The number of fused-ring (bicyclic) bond motifs is 1. The van der Waals surface area contributed by atoms with E-state index in [-0.39, 0.29) is 18.4 Å². The fraction of sp³-hybridized carbons (Fsp3) is 0.625. The third kappa shape index (κ3) is 3.48. The summed E-state index contributed by atoms with van der Waals surface area (Å²) in [6.45, 7) is 5.04. The molecule has 1 saturated carbocycles. The summed E-state index contributed by atoms with van der Waals surface area (Å²) >= 11 is 0. The van der Waals surface area contributed by atoms with Crippen LogP contribution in [0.1, 0.15) is 19.4 Å². The van der Waals surface area contributed by atoms with E-state index in [1.165, 1.54) is 12.3 Å². The van der Waals surface area contributed by atoms with Crippen LogP contribution in [0.15, 0.2) is 18.3 Å². The summed E-state index contributed by atoms with van der Waals surface area (Å²) < 4.78 is 44.1. The molecule has 0 spiro atoms. The molecule has 0 radical (unpaired) electrons. The van der Waals surface area contributed by atoms with Crippen LogP contribution in [0.5, 0.6) is 5.88 Å². The Hall–Kier alpha value is -1.83. The highest BCUT2D eigenvalue weighted by atomic mass is 19.4. The molecule has 2 fully saturated rings. The first-order valence-electron chi connectivity index (χ1n) is 7.87. The van der Waals surface area contributed by atoms with Crippen LogP contribution in [0.25, 0.3) is 0 Å². The lowest BCUT2D eigenvalue weighted by molar-refractivity contribution is -0.139. The molecule has 8 heteroatoms. The Balaban J connectivity index is 1.58. The normalized spacial score (nSPS) is 26.0. The van der Waals surface area contributed by atoms with Gasteiger partial charge in [0.2, 0.25) is 11.8 Å². The average Bonchev–Trinajstić information content (AvgIpc) is 2.98. The van der Waals surface area contributed by atoms with E-state index < -0.39 is 23.2 Å². The number of pyridine rings is 1. The topological polar surface area (TPSA) is 63.2 Å². The van der Waals surface area contributed by atoms with Gasteiger partial charge < -0.3 is 15.4 Å². The van der Waals surface area contributed by atoms with Crippen LogP contribution in [-0.2, 0) is 11.0 Å². The number of amides is 1. The summed E-state index contributed by atoms with van der Waals surface area (Å²) in [4.78, 5) is 15.9. The maximum absolute atomic E-state index is 12.9. The van der Waals surface area contributed by atoms with Crippen LogP contribution in [0.3, 0.4) is 0 Å². The molecule has 0 aromatic carbocycles. The maximum atomic E-state index is 12.9. The number of hydrogen-bond acceptors (Lipinski definition) is 4. The van der Waals surface area contributed by atoms with E-state index in [2.05, 4.69) is 15.6 Å². The lowest BCUT2D eigenvalue weighted by Crippen LogP contribution is -2.49. The fourth-order valence-corrected chi connectivity index (χ4v) is 3.23. The van der Waals surface area contributed by atoms with Crippen LogP contribution in [0.4, 0.5) is 13.2 Å². The van der Waals surface area contributed by atoms with Gasteiger partial charge in [0.15, 0.2) is 0 Å². The van der Waals surface area contributed by atoms with E-state index in [9.17, 15) is 18.0 Å². The van der Waals surface area contributed by atoms with Gasteiger partial charge in [-0.1, -0.05) is 0 Å². The Bertz CT molecular complexity index is 623. The van der Waals surface area contributed by atoms with E-state index in [0.717, 1.165) is 19.2 Å².